The van der Waals surface area contributed by atoms with Gasteiger partial charge in [0.2, 0.25) is 0 Å². The SMILES string of the molecule is Cc1c(C(=O)NC2(c3cccc(Br)c3)CCOCC2)oc2c1C(=O)CC(C)(C)C2. The van der Waals surface area contributed by atoms with Gasteiger partial charge in [0.25, 0.3) is 5.91 Å². The summed E-state index contributed by atoms with van der Waals surface area (Å²) >= 11 is 3.53. The van der Waals surface area contributed by atoms with Gasteiger partial charge in [-0.15, -0.1) is 0 Å². The molecule has 1 aromatic heterocycles. The van der Waals surface area contributed by atoms with Crippen LogP contribution in [-0.4, -0.2) is 24.9 Å². The first-order valence-corrected chi connectivity index (χ1v) is 10.8. The van der Waals surface area contributed by atoms with Crippen LogP contribution in [0.5, 0.6) is 0 Å². The molecule has 29 heavy (non-hydrogen) atoms. The molecule has 1 fully saturated rings. The first kappa shape index (κ1) is 20.4. The van der Waals surface area contributed by atoms with Gasteiger partial charge in [-0.1, -0.05) is 41.9 Å². The minimum atomic E-state index is -0.526. The number of nitrogens with one attached hydrogen (secondary N) is 1. The van der Waals surface area contributed by atoms with Crippen molar-refractivity contribution in [2.45, 2.75) is 52.0 Å². The van der Waals surface area contributed by atoms with Gasteiger partial charge in [0.05, 0.1) is 11.1 Å². The maximum absolute atomic E-state index is 13.3. The number of halogens is 1. The summed E-state index contributed by atoms with van der Waals surface area (Å²) in [6, 6.07) is 8.01. The van der Waals surface area contributed by atoms with Crippen LogP contribution in [0.4, 0.5) is 0 Å². The number of amides is 1. The minimum absolute atomic E-state index is 0.0596. The standard InChI is InChI=1S/C23H26BrNO4/c1-14-19-17(26)12-22(2,3)13-18(19)29-20(14)21(27)25-23(7-9-28-10-8-23)15-5-4-6-16(24)11-15/h4-6,11H,7-10,12-13H2,1-3H3,(H,25,27). The Morgan fingerprint density at radius 2 is 1.90 bits per heavy atom. The molecule has 5 nitrogen and oxygen atoms in total. The Morgan fingerprint density at radius 3 is 2.59 bits per heavy atom. The second kappa shape index (κ2) is 7.40. The van der Waals surface area contributed by atoms with E-state index in [0.717, 1.165) is 10.0 Å². The van der Waals surface area contributed by atoms with Crippen LogP contribution in [0.3, 0.4) is 0 Å². The zero-order valence-electron chi connectivity index (χ0n) is 17.1. The second-order valence-electron chi connectivity index (χ2n) is 8.95. The second-order valence-corrected chi connectivity index (χ2v) is 9.87. The monoisotopic (exact) mass is 459 g/mol. The summed E-state index contributed by atoms with van der Waals surface area (Å²) in [6.07, 6.45) is 2.49. The van der Waals surface area contributed by atoms with Gasteiger partial charge in [-0.25, -0.2) is 0 Å². The molecule has 154 valence electrons. The van der Waals surface area contributed by atoms with Gasteiger partial charge in [-0.3, -0.25) is 9.59 Å². The highest BCUT2D eigenvalue weighted by Gasteiger charge is 2.40. The summed E-state index contributed by atoms with van der Waals surface area (Å²) in [5.74, 6) is 0.674. The lowest BCUT2D eigenvalue weighted by molar-refractivity contribution is 0.0336. The predicted octanol–water partition coefficient (Wildman–Crippen LogP) is 4.94. The molecule has 1 aromatic carbocycles. The Labute approximate surface area is 179 Å². The summed E-state index contributed by atoms with van der Waals surface area (Å²) in [6.45, 7) is 7.06. The van der Waals surface area contributed by atoms with E-state index in [1.54, 1.807) is 0 Å². The van der Waals surface area contributed by atoms with Crippen LogP contribution in [0.25, 0.3) is 0 Å². The molecule has 4 rings (SSSR count). The number of furan rings is 1. The van der Waals surface area contributed by atoms with Gasteiger partial charge in [0.15, 0.2) is 11.5 Å². The van der Waals surface area contributed by atoms with Crippen molar-refractivity contribution in [1.29, 1.82) is 0 Å². The molecule has 1 saturated heterocycles. The fourth-order valence-electron chi connectivity index (χ4n) is 4.57. The molecule has 1 N–H and O–H groups in total. The highest BCUT2D eigenvalue weighted by atomic mass is 79.9. The highest BCUT2D eigenvalue weighted by Crippen LogP contribution is 2.39. The van der Waals surface area contributed by atoms with E-state index in [9.17, 15) is 9.59 Å². The number of ether oxygens (including phenoxy) is 1. The van der Waals surface area contributed by atoms with Gasteiger partial charge < -0.3 is 14.5 Å². The third-order valence-corrected chi connectivity index (χ3v) is 6.55. The Balaban J connectivity index is 1.68. The molecule has 0 spiro atoms. The number of carbonyl (C=O) groups is 2. The van der Waals surface area contributed by atoms with Crippen LogP contribution >= 0.6 is 15.9 Å². The Kier molecular flexibility index (Phi) is 5.20. The molecule has 0 bridgehead atoms. The topological polar surface area (TPSA) is 68.5 Å². The lowest BCUT2D eigenvalue weighted by Crippen LogP contribution is -2.49. The summed E-state index contributed by atoms with van der Waals surface area (Å²) in [4.78, 5) is 26.0. The summed E-state index contributed by atoms with van der Waals surface area (Å²) in [7, 11) is 0. The van der Waals surface area contributed by atoms with E-state index in [-0.39, 0.29) is 22.9 Å². The fourth-order valence-corrected chi connectivity index (χ4v) is 4.96. The molecule has 0 atom stereocenters. The van der Waals surface area contributed by atoms with Crippen LogP contribution in [0, 0.1) is 12.3 Å². The van der Waals surface area contributed by atoms with E-state index in [0.29, 0.717) is 55.8 Å². The lowest BCUT2D eigenvalue weighted by Gasteiger charge is -2.38. The van der Waals surface area contributed by atoms with E-state index < -0.39 is 5.54 Å². The van der Waals surface area contributed by atoms with Gasteiger partial charge >= 0.3 is 0 Å². The van der Waals surface area contributed by atoms with E-state index >= 15 is 0 Å². The third kappa shape index (κ3) is 3.80. The van der Waals surface area contributed by atoms with Crippen molar-refractivity contribution in [3.8, 4) is 0 Å². The zero-order valence-corrected chi connectivity index (χ0v) is 18.6. The van der Waals surface area contributed by atoms with Crippen molar-refractivity contribution in [2.24, 2.45) is 5.41 Å². The number of Topliss-reactive ketones (excluding diaryl/α,β-unsaturated/α-hetero) is 1. The normalized spacial score (nSPS) is 20.2. The first-order chi connectivity index (χ1) is 13.7. The van der Waals surface area contributed by atoms with Crippen molar-refractivity contribution in [3.05, 3.63) is 56.9 Å². The smallest absolute Gasteiger partial charge is 0.287 e. The molecule has 1 amide bonds. The van der Waals surface area contributed by atoms with E-state index in [1.807, 2.05) is 31.2 Å². The average Bonchev–Trinajstić information content (AvgIpc) is 2.98. The predicted molar refractivity (Wildman–Crippen MR) is 113 cm³/mol. The maximum Gasteiger partial charge on any atom is 0.287 e. The fraction of sp³-hybridized carbons (Fsp3) is 0.478. The molecule has 2 aromatic rings. The number of benzene rings is 1. The highest BCUT2D eigenvalue weighted by molar-refractivity contribution is 9.10. The molecule has 1 aliphatic carbocycles. The van der Waals surface area contributed by atoms with Crippen LogP contribution in [0.2, 0.25) is 0 Å². The van der Waals surface area contributed by atoms with Gasteiger partial charge in [0, 0.05) is 36.1 Å². The quantitative estimate of drug-likeness (QED) is 0.705. The van der Waals surface area contributed by atoms with Crippen molar-refractivity contribution < 1.29 is 18.7 Å². The van der Waals surface area contributed by atoms with E-state index in [4.69, 9.17) is 9.15 Å². The number of hydrogen-bond acceptors (Lipinski definition) is 4. The number of hydrogen-bond donors (Lipinski definition) is 1. The van der Waals surface area contributed by atoms with E-state index in [1.165, 1.54) is 0 Å². The molecule has 0 saturated carbocycles. The molecule has 2 heterocycles. The average molecular weight is 460 g/mol. The van der Waals surface area contributed by atoms with Crippen LogP contribution in [-0.2, 0) is 16.7 Å². The Bertz CT molecular complexity index is 969. The number of carbonyl (C=O) groups excluding carboxylic acids is 2. The largest absolute Gasteiger partial charge is 0.455 e. The zero-order chi connectivity index (χ0) is 20.8. The van der Waals surface area contributed by atoms with Crippen molar-refractivity contribution in [3.63, 3.8) is 0 Å². The van der Waals surface area contributed by atoms with Crippen molar-refractivity contribution in [2.75, 3.05) is 13.2 Å². The minimum Gasteiger partial charge on any atom is -0.455 e. The summed E-state index contributed by atoms with van der Waals surface area (Å²) < 4.78 is 12.5. The van der Waals surface area contributed by atoms with Crippen LogP contribution in [0.15, 0.2) is 33.2 Å². The van der Waals surface area contributed by atoms with Gasteiger partial charge in [-0.2, -0.15) is 0 Å². The summed E-state index contributed by atoms with van der Waals surface area (Å²) in [5, 5.41) is 3.23. The third-order valence-electron chi connectivity index (χ3n) is 6.06. The number of fused-ring (bicyclic) bond motifs is 1. The molecular formula is C23H26BrNO4. The molecular weight excluding hydrogens is 434 g/mol. The molecule has 0 unspecified atom stereocenters. The Morgan fingerprint density at radius 1 is 1.17 bits per heavy atom. The van der Waals surface area contributed by atoms with Gasteiger partial charge in [0.1, 0.15) is 5.76 Å². The summed E-state index contributed by atoms with van der Waals surface area (Å²) in [5.41, 5.74) is 1.60. The van der Waals surface area contributed by atoms with E-state index in [2.05, 4.69) is 35.1 Å². The maximum atomic E-state index is 13.3. The number of ketones is 1. The molecule has 0 radical (unpaired) electrons. The molecule has 1 aliphatic heterocycles. The van der Waals surface area contributed by atoms with Crippen LogP contribution < -0.4 is 5.32 Å². The van der Waals surface area contributed by atoms with Crippen LogP contribution in [0.1, 0.15) is 70.9 Å². The first-order valence-electron chi connectivity index (χ1n) is 10.0. The molecule has 6 heteroatoms. The molecule has 2 aliphatic rings. The lowest BCUT2D eigenvalue weighted by atomic mass is 9.76. The van der Waals surface area contributed by atoms with Gasteiger partial charge in [-0.05, 0) is 42.9 Å². The van der Waals surface area contributed by atoms with Crippen molar-refractivity contribution >= 4 is 27.6 Å². The number of rotatable bonds is 3. The Hall–Kier alpha value is -1.92. The van der Waals surface area contributed by atoms with Crippen molar-refractivity contribution in [1.82, 2.24) is 5.32 Å².